The molecule has 0 spiro atoms. The van der Waals surface area contributed by atoms with Gasteiger partial charge in [0, 0.05) is 31.7 Å². The van der Waals surface area contributed by atoms with Gasteiger partial charge in [-0.2, -0.15) is 13.2 Å². The van der Waals surface area contributed by atoms with Crippen LogP contribution >= 0.6 is 0 Å². The van der Waals surface area contributed by atoms with Crippen molar-refractivity contribution >= 4 is 5.91 Å². The van der Waals surface area contributed by atoms with Crippen LogP contribution in [0, 0.1) is 0 Å². The minimum Gasteiger partial charge on any atom is -0.355 e. The van der Waals surface area contributed by atoms with E-state index in [4.69, 9.17) is 0 Å². The smallest absolute Gasteiger partial charge is 0.355 e. The Kier molecular flexibility index (Phi) is 8.36. The molecule has 2 saturated heterocycles. The standard InChI is InChI=1S/C23H35F3N4O/c1-3-11-29-12-9-19(10-13-29)30-16-18(14-21(30)22(31)27-4-2)28-15-17-7-5-6-8-20(17)23(24,25)26/h5-8,18-19,21,28H,3-4,9-16H2,1-2H3,(H,27,31)/t18-,21+/m1/s1. The first-order valence-electron chi connectivity index (χ1n) is 11.5. The number of likely N-dealkylation sites (tertiary alicyclic amines) is 2. The number of piperidine rings is 1. The van der Waals surface area contributed by atoms with Crippen LogP contribution in [0.5, 0.6) is 0 Å². The Hall–Kier alpha value is -1.64. The first kappa shape index (κ1) is 24.0. The second-order valence-corrected chi connectivity index (χ2v) is 8.65. The fraction of sp³-hybridized carbons (Fsp3) is 0.696. The monoisotopic (exact) mass is 440 g/mol. The van der Waals surface area contributed by atoms with Gasteiger partial charge in [0.2, 0.25) is 5.91 Å². The zero-order chi connectivity index (χ0) is 22.4. The van der Waals surface area contributed by atoms with Gasteiger partial charge in [-0.25, -0.2) is 0 Å². The fourth-order valence-electron chi connectivity index (χ4n) is 4.96. The summed E-state index contributed by atoms with van der Waals surface area (Å²) in [6.45, 7) is 8.68. The quantitative estimate of drug-likeness (QED) is 0.652. The van der Waals surface area contributed by atoms with E-state index in [9.17, 15) is 18.0 Å². The Morgan fingerprint density at radius 2 is 1.87 bits per heavy atom. The summed E-state index contributed by atoms with van der Waals surface area (Å²) in [5.41, 5.74) is -0.350. The van der Waals surface area contributed by atoms with E-state index < -0.39 is 11.7 Å². The van der Waals surface area contributed by atoms with Crippen molar-refractivity contribution in [1.82, 2.24) is 20.4 Å². The van der Waals surface area contributed by atoms with Crippen LogP contribution in [0.4, 0.5) is 13.2 Å². The Morgan fingerprint density at radius 3 is 2.52 bits per heavy atom. The highest BCUT2D eigenvalue weighted by Crippen LogP contribution is 2.32. The van der Waals surface area contributed by atoms with Crippen molar-refractivity contribution in [3.05, 3.63) is 35.4 Å². The van der Waals surface area contributed by atoms with Crippen LogP contribution < -0.4 is 10.6 Å². The molecule has 174 valence electrons. The summed E-state index contributed by atoms with van der Waals surface area (Å²) < 4.78 is 39.9. The minimum atomic E-state index is -4.37. The summed E-state index contributed by atoms with van der Waals surface area (Å²) in [4.78, 5) is 17.5. The molecule has 1 aromatic rings. The third-order valence-electron chi connectivity index (χ3n) is 6.46. The third-order valence-corrected chi connectivity index (χ3v) is 6.46. The van der Waals surface area contributed by atoms with Crippen molar-refractivity contribution in [2.45, 2.75) is 70.4 Å². The summed E-state index contributed by atoms with van der Waals surface area (Å²) in [6.07, 6.45) is -0.550. The molecule has 2 aliphatic heterocycles. The Bertz CT molecular complexity index is 719. The molecule has 0 radical (unpaired) electrons. The molecule has 2 atom stereocenters. The van der Waals surface area contributed by atoms with E-state index in [-0.39, 0.29) is 30.1 Å². The summed E-state index contributed by atoms with van der Waals surface area (Å²) >= 11 is 0. The normalized spacial score (nSPS) is 23.9. The van der Waals surface area contributed by atoms with Crippen LogP contribution in [-0.2, 0) is 17.5 Å². The van der Waals surface area contributed by atoms with E-state index in [0.717, 1.165) is 45.0 Å². The van der Waals surface area contributed by atoms with Crippen molar-refractivity contribution < 1.29 is 18.0 Å². The first-order valence-corrected chi connectivity index (χ1v) is 11.5. The van der Waals surface area contributed by atoms with Crippen molar-refractivity contribution in [2.24, 2.45) is 0 Å². The van der Waals surface area contributed by atoms with Gasteiger partial charge in [-0.05, 0) is 63.9 Å². The van der Waals surface area contributed by atoms with E-state index in [0.29, 0.717) is 25.6 Å². The van der Waals surface area contributed by atoms with Crippen molar-refractivity contribution in [3.63, 3.8) is 0 Å². The Labute approximate surface area is 183 Å². The number of carbonyl (C=O) groups excluding carboxylic acids is 1. The SMILES string of the molecule is CCCN1CCC(N2C[C@H](NCc3ccccc3C(F)(F)F)C[C@H]2C(=O)NCC)CC1. The molecule has 0 saturated carbocycles. The van der Waals surface area contributed by atoms with Crippen LogP contribution in [0.1, 0.15) is 50.7 Å². The van der Waals surface area contributed by atoms with Gasteiger partial charge < -0.3 is 15.5 Å². The topological polar surface area (TPSA) is 47.6 Å². The number of nitrogens with one attached hydrogen (secondary N) is 2. The minimum absolute atomic E-state index is 0.0115. The number of alkyl halides is 3. The lowest BCUT2D eigenvalue weighted by atomic mass is 10.0. The molecular formula is C23H35F3N4O. The lowest BCUT2D eigenvalue weighted by molar-refractivity contribution is -0.138. The maximum absolute atomic E-state index is 13.3. The predicted octanol–water partition coefficient (Wildman–Crippen LogP) is 3.25. The van der Waals surface area contributed by atoms with Gasteiger partial charge >= 0.3 is 6.18 Å². The number of rotatable bonds is 8. The molecule has 8 heteroatoms. The lowest BCUT2D eigenvalue weighted by Crippen LogP contribution is -2.51. The van der Waals surface area contributed by atoms with Crippen LogP contribution in [0.15, 0.2) is 24.3 Å². The van der Waals surface area contributed by atoms with E-state index in [1.165, 1.54) is 12.1 Å². The van der Waals surface area contributed by atoms with Gasteiger partial charge in [-0.1, -0.05) is 25.1 Å². The van der Waals surface area contributed by atoms with Crippen molar-refractivity contribution in [1.29, 1.82) is 0 Å². The highest BCUT2D eigenvalue weighted by atomic mass is 19.4. The average molecular weight is 441 g/mol. The van der Waals surface area contributed by atoms with Gasteiger partial charge in [0.15, 0.2) is 0 Å². The highest BCUT2D eigenvalue weighted by Gasteiger charge is 2.41. The highest BCUT2D eigenvalue weighted by molar-refractivity contribution is 5.82. The molecule has 1 amide bonds. The second kappa shape index (κ2) is 10.8. The first-order chi connectivity index (χ1) is 14.8. The second-order valence-electron chi connectivity index (χ2n) is 8.65. The van der Waals surface area contributed by atoms with Crippen LogP contribution in [-0.4, -0.2) is 66.6 Å². The van der Waals surface area contributed by atoms with Crippen LogP contribution in [0.25, 0.3) is 0 Å². The van der Waals surface area contributed by atoms with E-state index >= 15 is 0 Å². The number of halogens is 3. The van der Waals surface area contributed by atoms with E-state index in [2.05, 4.69) is 27.4 Å². The molecule has 2 N–H and O–H groups in total. The number of nitrogens with zero attached hydrogens (tertiary/aromatic N) is 2. The number of amides is 1. The molecule has 5 nitrogen and oxygen atoms in total. The van der Waals surface area contributed by atoms with Gasteiger partial charge in [-0.3, -0.25) is 9.69 Å². The molecule has 2 aliphatic rings. The number of hydrogen-bond donors (Lipinski definition) is 2. The largest absolute Gasteiger partial charge is 0.416 e. The molecule has 0 bridgehead atoms. The molecule has 2 heterocycles. The zero-order valence-electron chi connectivity index (χ0n) is 18.5. The molecule has 3 rings (SSSR count). The Morgan fingerprint density at radius 1 is 1.16 bits per heavy atom. The summed E-state index contributed by atoms with van der Waals surface area (Å²) in [6, 6.07) is 5.80. The number of carbonyl (C=O) groups is 1. The average Bonchev–Trinajstić information content (AvgIpc) is 3.17. The van der Waals surface area contributed by atoms with Gasteiger partial charge in [-0.15, -0.1) is 0 Å². The lowest BCUT2D eigenvalue weighted by Gasteiger charge is -2.39. The van der Waals surface area contributed by atoms with Crippen molar-refractivity contribution in [3.8, 4) is 0 Å². The molecule has 0 unspecified atom stereocenters. The summed E-state index contributed by atoms with van der Waals surface area (Å²) in [5, 5.41) is 6.24. The summed E-state index contributed by atoms with van der Waals surface area (Å²) in [7, 11) is 0. The predicted molar refractivity (Wildman–Crippen MR) is 116 cm³/mol. The molecular weight excluding hydrogens is 405 g/mol. The maximum atomic E-state index is 13.3. The number of likely N-dealkylation sites (N-methyl/N-ethyl adjacent to an activating group) is 1. The van der Waals surface area contributed by atoms with Gasteiger partial charge in [0.25, 0.3) is 0 Å². The Balaban J connectivity index is 1.65. The number of benzene rings is 1. The zero-order valence-corrected chi connectivity index (χ0v) is 18.5. The molecule has 31 heavy (non-hydrogen) atoms. The third kappa shape index (κ3) is 6.20. The van der Waals surface area contributed by atoms with E-state index in [1.54, 1.807) is 6.07 Å². The van der Waals surface area contributed by atoms with Gasteiger partial charge in [0.1, 0.15) is 0 Å². The van der Waals surface area contributed by atoms with Gasteiger partial charge in [0.05, 0.1) is 11.6 Å². The van der Waals surface area contributed by atoms with Crippen molar-refractivity contribution in [2.75, 3.05) is 32.7 Å². The molecule has 0 aromatic heterocycles. The molecule has 0 aliphatic carbocycles. The fourth-order valence-corrected chi connectivity index (χ4v) is 4.96. The van der Waals surface area contributed by atoms with E-state index in [1.807, 2.05) is 6.92 Å². The van der Waals surface area contributed by atoms with Crippen LogP contribution in [0.2, 0.25) is 0 Å². The summed E-state index contributed by atoms with van der Waals surface area (Å²) in [5.74, 6) is 0.0264. The molecule has 1 aromatic carbocycles. The molecule has 2 fully saturated rings. The number of hydrogen-bond acceptors (Lipinski definition) is 4. The van der Waals surface area contributed by atoms with Crippen LogP contribution in [0.3, 0.4) is 0 Å². The maximum Gasteiger partial charge on any atom is 0.416 e.